The van der Waals surface area contributed by atoms with Crippen molar-refractivity contribution in [1.82, 2.24) is 20.2 Å². The number of benzene rings is 1. The van der Waals surface area contributed by atoms with Gasteiger partial charge < -0.3 is 15.5 Å². The van der Waals surface area contributed by atoms with Gasteiger partial charge in [0.05, 0.1) is 17.7 Å². The minimum atomic E-state index is -0.428. The van der Waals surface area contributed by atoms with E-state index in [2.05, 4.69) is 53.7 Å². The predicted molar refractivity (Wildman–Crippen MR) is 129 cm³/mol. The van der Waals surface area contributed by atoms with Crippen molar-refractivity contribution in [2.45, 2.75) is 70.3 Å². The number of carbonyl (C=O) groups is 1. The van der Waals surface area contributed by atoms with Crippen LogP contribution in [-0.4, -0.2) is 48.0 Å². The van der Waals surface area contributed by atoms with E-state index in [4.69, 9.17) is 4.98 Å². The highest BCUT2D eigenvalue weighted by atomic mass is 16.2. The molecule has 1 aliphatic carbocycles. The van der Waals surface area contributed by atoms with Gasteiger partial charge in [-0.25, -0.2) is 9.97 Å². The van der Waals surface area contributed by atoms with Gasteiger partial charge in [-0.2, -0.15) is 0 Å². The quantitative estimate of drug-likeness (QED) is 0.716. The summed E-state index contributed by atoms with van der Waals surface area (Å²) in [6, 6.07) is 8.64. The summed E-state index contributed by atoms with van der Waals surface area (Å²) in [6.45, 7) is 6.68. The topological polar surface area (TPSA) is 70.2 Å². The first-order valence-electron chi connectivity index (χ1n) is 12.0. The molecule has 1 aliphatic heterocycles. The SMILES string of the molecule is CNc1cc([C@@H]2CCCNC2)nc(CN(C)C(=O)C2(c3cc(C)cc(C)c3)CCCC2)n1. The van der Waals surface area contributed by atoms with E-state index in [-0.39, 0.29) is 5.91 Å². The highest BCUT2D eigenvalue weighted by molar-refractivity contribution is 5.88. The second-order valence-corrected chi connectivity index (χ2v) is 9.71. The first kappa shape index (κ1) is 22.7. The van der Waals surface area contributed by atoms with Crippen molar-refractivity contribution in [2.75, 3.05) is 32.5 Å². The summed E-state index contributed by atoms with van der Waals surface area (Å²) in [5, 5.41) is 6.65. The van der Waals surface area contributed by atoms with E-state index in [1.807, 2.05) is 19.0 Å². The number of amides is 1. The molecule has 172 valence electrons. The molecule has 0 bridgehead atoms. The maximum atomic E-state index is 13.9. The Morgan fingerprint density at radius 3 is 2.47 bits per heavy atom. The Balaban J connectivity index is 1.59. The molecule has 1 saturated heterocycles. The molecule has 0 spiro atoms. The molecule has 1 aromatic heterocycles. The van der Waals surface area contributed by atoms with Crippen LogP contribution in [0.4, 0.5) is 5.82 Å². The number of nitrogens with one attached hydrogen (secondary N) is 2. The Morgan fingerprint density at radius 2 is 1.84 bits per heavy atom. The molecule has 6 heteroatoms. The minimum Gasteiger partial charge on any atom is -0.373 e. The number of anilines is 1. The third-order valence-electron chi connectivity index (χ3n) is 7.13. The number of aromatic nitrogens is 2. The van der Waals surface area contributed by atoms with Crippen LogP contribution in [0, 0.1) is 13.8 Å². The second-order valence-electron chi connectivity index (χ2n) is 9.71. The van der Waals surface area contributed by atoms with Gasteiger partial charge in [-0.1, -0.05) is 42.2 Å². The van der Waals surface area contributed by atoms with Crippen molar-refractivity contribution < 1.29 is 4.79 Å². The number of nitrogens with zero attached hydrogens (tertiary/aromatic N) is 3. The lowest BCUT2D eigenvalue weighted by Gasteiger charge is -2.33. The number of piperidine rings is 1. The molecule has 6 nitrogen and oxygen atoms in total. The van der Waals surface area contributed by atoms with Crippen molar-refractivity contribution >= 4 is 11.7 Å². The van der Waals surface area contributed by atoms with Crippen LogP contribution < -0.4 is 10.6 Å². The highest BCUT2D eigenvalue weighted by Crippen LogP contribution is 2.43. The third-order valence-corrected chi connectivity index (χ3v) is 7.13. The summed E-state index contributed by atoms with van der Waals surface area (Å²) in [5.74, 6) is 2.12. The van der Waals surface area contributed by atoms with Crippen LogP contribution in [-0.2, 0) is 16.8 Å². The van der Waals surface area contributed by atoms with Gasteiger partial charge in [0.15, 0.2) is 0 Å². The molecule has 32 heavy (non-hydrogen) atoms. The lowest BCUT2D eigenvalue weighted by molar-refractivity contribution is -0.136. The molecular weight excluding hydrogens is 398 g/mol. The standard InChI is InChI=1S/C26H37N5O/c1-18-12-19(2)14-21(13-18)26(9-5-6-10-26)25(32)31(4)17-24-29-22(15-23(27-3)30-24)20-8-7-11-28-16-20/h12-15,20,28H,5-11,16-17H2,1-4H3,(H,27,29,30)/t20-/m1/s1. The third kappa shape index (κ3) is 4.65. The van der Waals surface area contributed by atoms with Crippen LogP contribution >= 0.6 is 0 Å². The van der Waals surface area contributed by atoms with E-state index in [0.717, 1.165) is 63.1 Å². The van der Waals surface area contributed by atoms with E-state index in [1.165, 1.54) is 16.7 Å². The fourth-order valence-corrected chi connectivity index (χ4v) is 5.53. The van der Waals surface area contributed by atoms with Gasteiger partial charge >= 0.3 is 0 Å². The summed E-state index contributed by atoms with van der Waals surface area (Å²) in [7, 11) is 3.79. The number of likely N-dealkylation sites (N-methyl/N-ethyl adjacent to an activating group) is 1. The number of hydrogen-bond acceptors (Lipinski definition) is 5. The average Bonchev–Trinajstić information content (AvgIpc) is 3.29. The molecule has 0 radical (unpaired) electrons. The first-order valence-corrected chi connectivity index (χ1v) is 12.0. The number of aryl methyl sites for hydroxylation is 2. The lowest BCUT2D eigenvalue weighted by Crippen LogP contribution is -2.43. The van der Waals surface area contributed by atoms with Crippen molar-refractivity contribution in [1.29, 1.82) is 0 Å². The Morgan fingerprint density at radius 1 is 1.12 bits per heavy atom. The van der Waals surface area contributed by atoms with Crippen LogP contribution in [0.3, 0.4) is 0 Å². The lowest BCUT2D eigenvalue weighted by atomic mass is 9.76. The average molecular weight is 436 g/mol. The summed E-state index contributed by atoms with van der Waals surface area (Å²) < 4.78 is 0. The zero-order valence-electron chi connectivity index (χ0n) is 20.0. The molecule has 2 aromatic rings. The fraction of sp³-hybridized carbons (Fsp3) is 0.577. The van der Waals surface area contributed by atoms with Crippen molar-refractivity contribution in [2.24, 2.45) is 0 Å². The highest BCUT2D eigenvalue weighted by Gasteiger charge is 2.44. The zero-order valence-corrected chi connectivity index (χ0v) is 20.0. The molecule has 2 N–H and O–H groups in total. The molecule has 1 amide bonds. The Hall–Kier alpha value is -2.47. The van der Waals surface area contributed by atoms with Gasteiger partial charge in [0.25, 0.3) is 0 Å². The molecular formula is C26H37N5O. The summed E-state index contributed by atoms with van der Waals surface area (Å²) in [6.07, 6.45) is 6.31. The van der Waals surface area contributed by atoms with E-state index in [9.17, 15) is 4.79 Å². The zero-order chi connectivity index (χ0) is 22.7. The van der Waals surface area contributed by atoms with Crippen LogP contribution in [0.1, 0.15) is 72.7 Å². The maximum Gasteiger partial charge on any atom is 0.233 e. The van der Waals surface area contributed by atoms with E-state index in [1.54, 1.807) is 0 Å². The van der Waals surface area contributed by atoms with Gasteiger partial charge in [-0.05, 0) is 51.6 Å². The summed E-state index contributed by atoms with van der Waals surface area (Å²) in [4.78, 5) is 25.3. The molecule has 2 fully saturated rings. The van der Waals surface area contributed by atoms with Crippen LogP contribution in [0.5, 0.6) is 0 Å². The largest absolute Gasteiger partial charge is 0.373 e. The fourth-order valence-electron chi connectivity index (χ4n) is 5.53. The predicted octanol–water partition coefficient (Wildman–Crippen LogP) is 4.07. The van der Waals surface area contributed by atoms with Gasteiger partial charge in [-0.3, -0.25) is 4.79 Å². The first-order chi connectivity index (χ1) is 15.4. The molecule has 1 saturated carbocycles. The molecule has 1 aromatic carbocycles. The Kier molecular flexibility index (Phi) is 6.79. The molecule has 2 heterocycles. The minimum absolute atomic E-state index is 0.194. The van der Waals surface area contributed by atoms with Gasteiger partial charge in [-0.15, -0.1) is 0 Å². The Labute approximate surface area is 192 Å². The van der Waals surface area contributed by atoms with E-state index in [0.29, 0.717) is 18.3 Å². The molecule has 0 unspecified atom stereocenters. The Bertz CT molecular complexity index is 940. The number of carbonyl (C=O) groups excluding carboxylic acids is 1. The van der Waals surface area contributed by atoms with Crippen LogP contribution in [0.2, 0.25) is 0 Å². The van der Waals surface area contributed by atoms with Gasteiger partial charge in [0, 0.05) is 32.6 Å². The normalized spacial score (nSPS) is 20.2. The molecule has 4 rings (SSSR count). The van der Waals surface area contributed by atoms with Crippen molar-refractivity contribution in [3.63, 3.8) is 0 Å². The van der Waals surface area contributed by atoms with Gasteiger partial charge in [0.1, 0.15) is 11.6 Å². The molecule has 1 atom stereocenters. The van der Waals surface area contributed by atoms with Crippen LogP contribution in [0.25, 0.3) is 0 Å². The second kappa shape index (κ2) is 9.57. The van der Waals surface area contributed by atoms with E-state index < -0.39 is 5.41 Å². The van der Waals surface area contributed by atoms with Crippen molar-refractivity contribution in [3.05, 3.63) is 52.5 Å². The molecule has 2 aliphatic rings. The summed E-state index contributed by atoms with van der Waals surface area (Å²) >= 11 is 0. The van der Waals surface area contributed by atoms with Gasteiger partial charge in [0.2, 0.25) is 5.91 Å². The maximum absolute atomic E-state index is 13.9. The number of hydrogen-bond donors (Lipinski definition) is 2. The summed E-state index contributed by atoms with van der Waals surface area (Å²) in [5.41, 5.74) is 4.25. The van der Waals surface area contributed by atoms with Crippen molar-refractivity contribution in [3.8, 4) is 0 Å². The monoisotopic (exact) mass is 435 g/mol. The smallest absolute Gasteiger partial charge is 0.233 e. The number of rotatable bonds is 6. The van der Waals surface area contributed by atoms with Crippen LogP contribution in [0.15, 0.2) is 24.3 Å². The van der Waals surface area contributed by atoms with E-state index >= 15 is 0 Å².